The Balaban J connectivity index is 2.05. The van der Waals surface area contributed by atoms with Crippen molar-refractivity contribution in [1.29, 1.82) is 0 Å². The second-order valence-corrected chi connectivity index (χ2v) is 5.03. The van der Waals surface area contributed by atoms with Crippen LogP contribution in [-0.4, -0.2) is 16.6 Å². The quantitative estimate of drug-likeness (QED) is 0.811. The van der Waals surface area contributed by atoms with Crippen LogP contribution in [0.25, 0.3) is 0 Å². The standard InChI is InChI=1S/C14H14Cl2FN3O/c1-2-21-8-14-19-12(16)6-13(20-14)18-7-9-3-4-11(17)10(15)5-9/h3-6H,2,7-8H2,1H3,(H,18,19,20). The van der Waals surface area contributed by atoms with Gasteiger partial charge in [0, 0.05) is 19.2 Å². The molecule has 0 atom stereocenters. The van der Waals surface area contributed by atoms with Crippen LogP contribution in [0.5, 0.6) is 0 Å². The predicted molar refractivity (Wildman–Crippen MR) is 81.1 cm³/mol. The maximum atomic E-state index is 13.1. The number of hydrogen-bond acceptors (Lipinski definition) is 4. The van der Waals surface area contributed by atoms with E-state index < -0.39 is 5.82 Å². The summed E-state index contributed by atoms with van der Waals surface area (Å²) in [5, 5.41) is 3.52. The minimum absolute atomic E-state index is 0.0899. The molecule has 112 valence electrons. The Kier molecular flexibility index (Phi) is 5.73. The van der Waals surface area contributed by atoms with Crippen LogP contribution in [-0.2, 0) is 17.9 Å². The average molecular weight is 330 g/mol. The molecule has 2 rings (SSSR count). The van der Waals surface area contributed by atoms with E-state index in [4.69, 9.17) is 27.9 Å². The molecule has 0 amide bonds. The monoisotopic (exact) mass is 329 g/mol. The van der Waals surface area contributed by atoms with Gasteiger partial charge in [-0.3, -0.25) is 0 Å². The minimum atomic E-state index is -0.440. The Hall–Kier alpha value is -1.43. The van der Waals surface area contributed by atoms with E-state index >= 15 is 0 Å². The Labute approximate surface area is 132 Å². The number of rotatable bonds is 6. The molecule has 1 heterocycles. The molecule has 0 saturated carbocycles. The van der Waals surface area contributed by atoms with E-state index in [-0.39, 0.29) is 5.02 Å². The van der Waals surface area contributed by atoms with Crippen LogP contribution in [0.3, 0.4) is 0 Å². The third-order valence-electron chi connectivity index (χ3n) is 2.63. The first kappa shape index (κ1) is 15.9. The van der Waals surface area contributed by atoms with Crippen molar-refractivity contribution >= 4 is 29.0 Å². The van der Waals surface area contributed by atoms with Crippen LogP contribution in [0.15, 0.2) is 24.3 Å². The Morgan fingerprint density at radius 1 is 1.24 bits per heavy atom. The molecule has 0 fully saturated rings. The molecule has 21 heavy (non-hydrogen) atoms. The van der Waals surface area contributed by atoms with E-state index in [9.17, 15) is 4.39 Å². The Bertz CT molecular complexity index is 625. The fraction of sp³-hybridized carbons (Fsp3) is 0.286. The van der Waals surface area contributed by atoms with Crippen molar-refractivity contribution in [2.45, 2.75) is 20.1 Å². The van der Waals surface area contributed by atoms with E-state index in [1.807, 2.05) is 6.92 Å². The second kappa shape index (κ2) is 7.54. The normalized spacial score (nSPS) is 10.7. The third-order valence-corrected chi connectivity index (χ3v) is 3.12. The molecule has 0 radical (unpaired) electrons. The summed E-state index contributed by atoms with van der Waals surface area (Å²) in [6.45, 7) is 3.21. The largest absolute Gasteiger partial charge is 0.374 e. The molecule has 2 aromatic rings. The first-order chi connectivity index (χ1) is 10.1. The number of benzene rings is 1. The zero-order valence-electron chi connectivity index (χ0n) is 11.4. The zero-order valence-corrected chi connectivity index (χ0v) is 12.9. The van der Waals surface area contributed by atoms with E-state index in [0.717, 1.165) is 5.56 Å². The van der Waals surface area contributed by atoms with Gasteiger partial charge in [0.05, 0.1) is 5.02 Å². The summed E-state index contributed by atoms with van der Waals surface area (Å²) >= 11 is 11.7. The first-order valence-electron chi connectivity index (χ1n) is 6.37. The van der Waals surface area contributed by atoms with E-state index in [1.165, 1.54) is 6.07 Å². The smallest absolute Gasteiger partial charge is 0.158 e. The number of aromatic nitrogens is 2. The summed E-state index contributed by atoms with van der Waals surface area (Å²) in [6.07, 6.45) is 0. The van der Waals surface area contributed by atoms with Gasteiger partial charge in [0.1, 0.15) is 23.4 Å². The molecule has 7 heteroatoms. The number of halogens is 3. The topological polar surface area (TPSA) is 47.0 Å². The molecule has 1 N–H and O–H groups in total. The van der Waals surface area contributed by atoms with Gasteiger partial charge in [-0.25, -0.2) is 14.4 Å². The summed E-state index contributed by atoms with van der Waals surface area (Å²) in [6, 6.07) is 6.15. The van der Waals surface area contributed by atoms with Crippen molar-refractivity contribution in [2.75, 3.05) is 11.9 Å². The molecule has 0 bridgehead atoms. The molecular weight excluding hydrogens is 316 g/mol. The van der Waals surface area contributed by atoms with Gasteiger partial charge in [-0.2, -0.15) is 0 Å². The number of anilines is 1. The number of nitrogens with zero attached hydrogens (tertiary/aromatic N) is 2. The molecule has 1 aromatic heterocycles. The van der Waals surface area contributed by atoms with Gasteiger partial charge in [-0.05, 0) is 24.6 Å². The molecule has 0 aliphatic heterocycles. The second-order valence-electron chi connectivity index (χ2n) is 4.23. The van der Waals surface area contributed by atoms with Crippen molar-refractivity contribution in [3.63, 3.8) is 0 Å². The number of nitrogens with one attached hydrogen (secondary N) is 1. The summed E-state index contributed by atoms with van der Waals surface area (Å²) in [7, 11) is 0. The predicted octanol–water partition coefficient (Wildman–Crippen LogP) is 4.07. The van der Waals surface area contributed by atoms with Crippen molar-refractivity contribution in [3.8, 4) is 0 Å². The average Bonchev–Trinajstić information content (AvgIpc) is 2.46. The molecule has 0 aliphatic rings. The highest BCUT2D eigenvalue weighted by atomic mass is 35.5. The van der Waals surface area contributed by atoms with Crippen LogP contribution in [0.2, 0.25) is 10.2 Å². The van der Waals surface area contributed by atoms with Crippen molar-refractivity contribution in [1.82, 2.24) is 9.97 Å². The van der Waals surface area contributed by atoms with Gasteiger partial charge in [0.25, 0.3) is 0 Å². The first-order valence-corrected chi connectivity index (χ1v) is 7.13. The van der Waals surface area contributed by atoms with Crippen molar-refractivity contribution in [2.24, 2.45) is 0 Å². The summed E-state index contributed by atoms with van der Waals surface area (Å²) in [4.78, 5) is 8.36. The lowest BCUT2D eigenvalue weighted by molar-refractivity contribution is 0.128. The van der Waals surface area contributed by atoms with E-state index in [0.29, 0.717) is 36.6 Å². The maximum Gasteiger partial charge on any atom is 0.158 e. The van der Waals surface area contributed by atoms with E-state index in [2.05, 4.69) is 15.3 Å². The van der Waals surface area contributed by atoms with Crippen LogP contribution in [0.4, 0.5) is 10.2 Å². The molecule has 0 aliphatic carbocycles. The Morgan fingerprint density at radius 2 is 2.05 bits per heavy atom. The fourth-order valence-corrected chi connectivity index (χ4v) is 2.06. The van der Waals surface area contributed by atoms with Gasteiger partial charge in [0.15, 0.2) is 5.82 Å². The van der Waals surface area contributed by atoms with Gasteiger partial charge in [0.2, 0.25) is 0 Å². The molecule has 4 nitrogen and oxygen atoms in total. The van der Waals surface area contributed by atoms with Crippen LogP contribution < -0.4 is 5.32 Å². The zero-order chi connectivity index (χ0) is 15.2. The lowest BCUT2D eigenvalue weighted by atomic mass is 10.2. The summed E-state index contributed by atoms with van der Waals surface area (Å²) in [5.41, 5.74) is 0.836. The fourth-order valence-electron chi connectivity index (χ4n) is 1.66. The van der Waals surface area contributed by atoms with Crippen molar-refractivity contribution < 1.29 is 9.13 Å². The van der Waals surface area contributed by atoms with Gasteiger partial charge in [-0.1, -0.05) is 29.3 Å². The van der Waals surface area contributed by atoms with E-state index in [1.54, 1.807) is 18.2 Å². The highest BCUT2D eigenvalue weighted by molar-refractivity contribution is 6.30. The van der Waals surface area contributed by atoms with Crippen molar-refractivity contribution in [3.05, 3.63) is 51.6 Å². The maximum absolute atomic E-state index is 13.1. The van der Waals surface area contributed by atoms with Gasteiger partial charge < -0.3 is 10.1 Å². The SMILES string of the molecule is CCOCc1nc(Cl)cc(NCc2ccc(F)c(Cl)c2)n1. The van der Waals surface area contributed by atoms with Crippen LogP contribution >= 0.6 is 23.2 Å². The summed E-state index contributed by atoms with van der Waals surface area (Å²) < 4.78 is 18.3. The highest BCUT2D eigenvalue weighted by Crippen LogP contribution is 2.18. The van der Waals surface area contributed by atoms with Crippen LogP contribution in [0, 0.1) is 5.82 Å². The lowest BCUT2D eigenvalue weighted by Gasteiger charge is -2.08. The molecule has 0 unspecified atom stereocenters. The number of hydrogen-bond donors (Lipinski definition) is 1. The molecule has 0 saturated heterocycles. The summed E-state index contributed by atoms with van der Waals surface area (Å²) in [5.74, 6) is 0.638. The molecule has 1 aromatic carbocycles. The molecular formula is C14H14Cl2FN3O. The highest BCUT2D eigenvalue weighted by Gasteiger charge is 2.05. The minimum Gasteiger partial charge on any atom is -0.374 e. The third kappa shape index (κ3) is 4.81. The van der Waals surface area contributed by atoms with Gasteiger partial charge >= 0.3 is 0 Å². The molecule has 0 spiro atoms. The van der Waals surface area contributed by atoms with Crippen LogP contribution in [0.1, 0.15) is 18.3 Å². The Morgan fingerprint density at radius 3 is 2.76 bits per heavy atom. The lowest BCUT2D eigenvalue weighted by Crippen LogP contribution is -2.06. The number of ether oxygens (including phenoxy) is 1. The van der Waals surface area contributed by atoms with Gasteiger partial charge in [-0.15, -0.1) is 0 Å².